The largest absolute Gasteiger partial charge is 0 e. The Balaban J connectivity index is 0. The molecular weight excluding hydrogens is 1010 g/mol. The minimum Gasteiger partial charge on any atom is 0 e. The maximum atomic E-state index is 0. The summed E-state index contributed by atoms with van der Waals surface area (Å²) in [5.41, 5.74) is 0. The Morgan fingerprint density at radius 3 is 0.111 bits per heavy atom. The molecule has 0 spiro atoms. The molecular formula is Cd9. The Morgan fingerprint density at radius 1 is 0.111 bits per heavy atom. The standard InChI is InChI=1S/9Cd. The summed E-state index contributed by atoms with van der Waals surface area (Å²) in [5, 5.41) is 0. The van der Waals surface area contributed by atoms with Crippen molar-refractivity contribution in [1.29, 1.82) is 0 Å². The third-order valence-electron chi connectivity index (χ3n) is 0. The maximum Gasteiger partial charge on any atom is 0 e. The van der Waals surface area contributed by atoms with E-state index in [1.54, 1.807) is 0 Å². The van der Waals surface area contributed by atoms with E-state index in [0.717, 1.165) is 0 Å². The molecule has 0 N–H and O–H groups in total. The fraction of sp³-hybridized carbons (Fsp3) is 0. The molecule has 9 heteroatoms. The van der Waals surface area contributed by atoms with Gasteiger partial charge in [0.25, 0.3) is 0 Å². The number of hydrogen-bond donors (Lipinski definition) is 0. The second-order valence-corrected chi connectivity index (χ2v) is 0. The zero-order valence-corrected chi connectivity index (χ0v) is 42.7. The van der Waals surface area contributed by atoms with Crippen molar-refractivity contribution in [2.24, 2.45) is 0 Å². The van der Waals surface area contributed by atoms with Crippen LogP contribution in [-0.2, 0) is 246 Å². The van der Waals surface area contributed by atoms with Crippen LogP contribution in [0.4, 0.5) is 0 Å². The second-order valence-electron chi connectivity index (χ2n) is 0. The number of rotatable bonds is 0. The van der Waals surface area contributed by atoms with Crippen molar-refractivity contribution >= 4 is 0 Å². The fourth-order valence-corrected chi connectivity index (χ4v) is 0. The summed E-state index contributed by atoms with van der Waals surface area (Å²) in [6.07, 6.45) is 0. The van der Waals surface area contributed by atoms with Crippen LogP contribution >= 0.6 is 0 Å². The van der Waals surface area contributed by atoms with Gasteiger partial charge >= 0.3 is 0 Å². The smallest absolute Gasteiger partial charge is 0 e. The Labute approximate surface area is 238 Å². The van der Waals surface area contributed by atoms with Gasteiger partial charge in [0.1, 0.15) is 0 Å². The van der Waals surface area contributed by atoms with Gasteiger partial charge < -0.3 is 0 Å². The van der Waals surface area contributed by atoms with E-state index in [-0.39, 0.29) is 246 Å². The molecule has 0 aliphatic rings. The molecule has 0 atom stereocenters. The quantitative estimate of drug-likeness (QED) is 0.300. The molecule has 0 saturated heterocycles. The molecule has 0 aliphatic carbocycles. The van der Waals surface area contributed by atoms with Crippen LogP contribution in [0.2, 0.25) is 0 Å². The second kappa shape index (κ2) is 55.4. The molecule has 0 heterocycles. The summed E-state index contributed by atoms with van der Waals surface area (Å²) in [6, 6.07) is 0. The van der Waals surface area contributed by atoms with Gasteiger partial charge in [0.05, 0.1) is 0 Å². The van der Waals surface area contributed by atoms with Crippen LogP contribution in [0.1, 0.15) is 0 Å². The zero-order valence-electron chi connectivity index (χ0n) is 6.36. The van der Waals surface area contributed by atoms with Gasteiger partial charge in [0.15, 0.2) is 0 Å². The Kier molecular flexibility index (Phi) is 411. The van der Waals surface area contributed by atoms with Crippen molar-refractivity contribution in [3.63, 3.8) is 0 Å². The van der Waals surface area contributed by atoms with E-state index in [2.05, 4.69) is 0 Å². The van der Waals surface area contributed by atoms with Gasteiger partial charge in [-0.25, -0.2) is 0 Å². The molecule has 0 aromatic heterocycles. The average molecular weight is 1010 g/mol. The first-order valence-corrected chi connectivity index (χ1v) is 0. The van der Waals surface area contributed by atoms with Crippen molar-refractivity contribution in [3.8, 4) is 0 Å². The van der Waals surface area contributed by atoms with E-state index in [9.17, 15) is 0 Å². The Hall–Kier alpha value is 8.30. The molecule has 9 heavy (non-hydrogen) atoms. The molecule has 0 fully saturated rings. The summed E-state index contributed by atoms with van der Waals surface area (Å²) in [6.45, 7) is 0. The van der Waals surface area contributed by atoms with Gasteiger partial charge in [-0.1, -0.05) is 0 Å². The van der Waals surface area contributed by atoms with E-state index in [4.69, 9.17) is 0 Å². The number of hydrogen-bond acceptors (Lipinski definition) is 0. The molecule has 0 nitrogen and oxygen atoms in total. The van der Waals surface area contributed by atoms with Gasteiger partial charge in [-0.2, -0.15) is 0 Å². The first-order chi connectivity index (χ1) is 0. The van der Waals surface area contributed by atoms with E-state index < -0.39 is 0 Å². The minimum absolute atomic E-state index is 0. The van der Waals surface area contributed by atoms with E-state index >= 15 is 0 Å². The summed E-state index contributed by atoms with van der Waals surface area (Å²) in [7, 11) is 0. The van der Waals surface area contributed by atoms with Gasteiger partial charge in [0.2, 0.25) is 0 Å². The van der Waals surface area contributed by atoms with Crippen LogP contribution in [0.25, 0.3) is 0 Å². The molecule has 0 aromatic carbocycles. The maximum absolute atomic E-state index is 0. The van der Waals surface area contributed by atoms with Crippen molar-refractivity contribution in [2.75, 3.05) is 0 Å². The first kappa shape index (κ1) is 66.7. The first-order valence-electron chi connectivity index (χ1n) is 0. The SMILES string of the molecule is [Cd].[Cd].[Cd].[Cd].[Cd].[Cd].[Cd].[Cd].[Cd]. The third kappa shape index (κ3) is 48.4. The Morgan fingerprint density at radius 2 is 0.111 bits per heavy atom. The van der Waals surface area contributed by atoms with Gasteiger partial charge in [-0.05, 0) is 0 Å². The van der Waals surface area contributed by atoms with Crippen LogP contribution in [0.5, 0.6) is 0 Å². The van der Waals surface area contributed by atoms with E-state index in [1.165, 1.54) is 0 Å². The molecule has 0 aliphatic heterocycles. The minimum atomic E-state index is 0. The van der Waals surface area contributed by atoms with Crippen LogP contribution < -0.4 is 0 Å². The average Bonchev–Trinajstić information content (AvgIpc) is 0. The summed E-state index contributed by atoms with van der Waals surface area (Å²) < 4.78 is 0. The molecule has 0 saturated carbocycles. The summed E-state index contributed by atoms with van der Waals surface area (Å²) in [4.78, 5) is 0. The molecule has 0 radical (unpaired) electrons. The predicted molar refractivity (Wildman–Crippen MR) is 0 cm³/mol. The summed E-state index contributed by atoms with van der Waals surface area (Å²) in [5.74, 6) is 0. The molecule has 0 bridgehead atoms. The van der Waals surface area contributed by atoms with E-state index in [1.807, 2.05) is 0 Å². The van der Waals surface area contributed by atoms with Gasteiger partial charge in [-0.3, -0.25) is 0 Å². The van der Waals surface area contributed by atoms with Crippen LogP contribution in [0, 0.1) is 0 Å². The molecule has 0 unspecified atom stereocenters. The van der Waals surface area contributed by atoms with Crippen LogP contribution in [-0.4, -0.2) is 0 Å². The normalized spacial score (nSPS) is 0. The summed E-state index contributed by atoms with van der Waals surface area (Å²) >= 11 is 0. The zero-order chi connectivity index (χ0) is 0. The van der Waals surface area contributed by atoms with Crippen LogP contribution in [0.15, 0.2) is 0 Å². The molecule has 0 rings (SSSR count). The fourth-order valence-electron chi connectivity index (χ4n) is 0. The van der Waals surface area contributed by atoms with Gasteiger partial charge in [0, 0.05) is 246 Å². The van der Waals surface area contributed by atoms with Crippen molar-refractivity contribution in [3.05, 3.63) is 0 Å². The van der Waals surface area contributed by atoms with Gasteiger partial charge in [-0.15, -0.1) is 0 Å². The Bertz CT molecular complexity index is 0. The third-order valence-corrected chi connectivity index (χ3v) is 0. The van der Waals surface area contributed by atoms with E-state index in [0.29, 0.717) is 0 Å². The monoisotopic (exact) mass is 1030 g/mol. The van der Waals surface area contributed by atoms with Crippen molar-refractivity contribution < 1.29 is 246 Å². The molecule has 0 aromatic rings. The van der Waals surface area contributed by atoms with Crippen molar-refractivity contribution in [2.45, 2.75) is 0 Å². The van der Waals surface area contributed by atoms with Crippen molar-refractivity contribution in [1.82, 2.24) is 0 Å². The molecule has 18 valence electrons. The predicted octanol–water partition coefficient (Wildman–Crippen LogP) is -0.0225. The molecule has 0 amide bonds. The van der Waals surface area contributed by atoms with Crippen LogP contribution in [0.3, 0.4) is 0 Å². The topological polar surface area (TPSA) is 0 Å².